The van der Waals surface area contributed by atoms with Crippen LogP contribution in [0.4, 0.5) is 18.9 Å². The van der Waals surface area contributed by atoms with Crippen molar-refractivity contribution in [3.8, 4) is 0 Å². The van der Waals surface area contributed by atoms with Gasteiger partial charge in [0.1, 0.15) is 15.7 Å². The summed E-state index contributed by atoms with van der Waals surface area (Å²) in [6.07, 6.45) is -4.29. The molecule has 0 aromatic heterocycles. The number of alkyl halides is 3. The Labute approximate surface area is 198 Å². The Morgan fingerprint density at radius 3 is 2.34 bits per heavy atom. The number of amides is 1. The number of sulfone groups is 1. The summed E-state index contributed by atoms with van der Waals surface area (Å²) in [4.78, 5) is 19.4. The molecule has 1 aliphatic rings. The fourth-order valence-electron chi connectivity index (χ4n) is 3.86. The van der Waals surface area contributed by atoms with Crippen LogP contribution in [0.1, 0.15) is 40.9 Å². The molecule has 172 valence electrons. The van der Waals surface area contributed by atoms with Crippen molar-refractivity contribution in [2.45, 2.75) is 38.9 Å². The van der Waals surface area contributed by atoms with Gasteiger partial charge in [-0.05, 0) is 72.7 Å². The Hall–Kier alpha value is -1.95. The topological polar surface area (TPSA) is 66.8 Å². The van der Waals surface area contributed by atoms with E-state index in [0.29, 0.717) is 22.4 Å². The Morgan fingerprint density at radius 1 is 1.12 bits per heavy atom. The molecule has 1 aliphatic heterocycles. The first-order valence-electron chi connectivity index (χ1n) is 9.65. The molecule has 32 heavy (non-hydrogen) atoms. The Morgan fingerprint density at radius 2 is 1.78 bits per heavy atom. The number of halogens is 4. The molecule has 0 saturated carbocycles. The van der Waals surface area contributed by atoms with Crippen molar-refractivity contribution in [1.82, 2.24) is 0 Å². The highest BCUT2D eigenvalue weighted by Crippen LogP contribution is 2.35. The minimum absolute atomic E-state index is 0.0911. The molecule has 2 aromatic rings. The molecule has 0 radical (unpaired) electrons. The third kappa shape index (κ3) is 5.51. The van der Waals surface area contributed by atoms with E-state index in [4.69, 9.17) is 0 Å². The number of nitrogens with zero attached hydrogens (tertiary/aromatic N) is 2. The predicted octanol–water partition coefficient (Wildman–Crippen LogP) is 4.93. The summed E-state index contributed by atoms with van der Waals surface area (Å²) >= 11 is 2.09. The number of aliphatic imine (C=N–C) groups is 1. The first-order chi connectivity index (χ1) is 14.6. The molecular weight excluding hydrogens is 556 g/mol. The Balaban J connectivity index is 2.17. The predicted molar refractivity (Wildman–Crippen MR) is 127 cm³/mol. The second-order valence-electron chi connectivity index (χ2n) is 8.53. The number of hydrogen-bond acceptors (Lipinski definition) is 4. The van der Waals surface area contributed by atoms with Crippen LogP contribution in [0.5, 0.6) is 0 Å². The molecule has 10 heteroatoms. The summed E-state index contributed by atoms with van der Waals surface area (Å²) in [5.41, 5.74) is 0.932. The lowest BCUT2D eigenvalue weighted by atomic mass is 10.1. The van der Waals surface area contributed by atoms with Crippen molar-refractivity contribution in [3.05, 3.63) is 62.2 Å². The van der Waals surface area contributed by atoms with Crippen molar-refractivity contribution >= 4 is 49.9 Å². The van der Waals surface area contributed by atoms with Crippen molar-refractivity contribution in [3.63, 3.8) is 0 Å². The lowest BCUT2D eigenvalue weighted by Crippen LogP contribution is -2.36. The van der Waals surface area contributed by atoms with Gasteiger partial charge >= 0.3 is 6.18 Å². The molecule has 3 rings (SSSR count). The molecule has 0 atom stereocenters. The molecule has 0 aliphatic carbocycles. The van der Waals surface area contributed by atoms with Gasteiger partial charge in [0, 0.05) is 15.4 Å². The summed E-state index contributed by atoms with van der Waals surface area (Å²) < 4.78 is 63.0. The Bertz CT molecular complexity index is 1220. The maximum Gasteiger partial charge on any atom is 0.393 e. The van der Waals surface area contributed by atoms with E-state index < -0.39 is 28.0 Å². The van der Waals surface area contributed by atoms with Crippen LogP contribution < -0.4 is 4.90 Å². The van der Waals surface area contributed by atoms with E-state index in [9.17, 15) is 26.4 Å². The van der Waals surface area contributed by atoms with Crippen LogP contribution in [-0.2, 0) is 16.3 Å². The van der Waals surface area contributed by atoms with Crippen molar-refractivity contribution in [1.29, 1.82) is 0 Å². The highest BCUT2D eigenvalue weighted by atomic mass is 127. The number of fused-ring (bicyclic) bond motifs is 1. The monoisotopic (exact) mass is 578 g/mol. The van der Waals surface area contributed by atoms with Gasteiger partial charge < -0.3 is 0 Å². The van der Waals surface area contributed by atoms with Crippen molar-refractivity contribution in [2.24, 2.45) is 4.99 Å². The number of rotatable bonds is 5. The van der Waals surface area contributed by atoms with Crippen LogP contribution in [0.25, 0.3) is 0 Å². The van der Waals surface area contributed by atoms with Crippen LogP contribution in [0.2, 0.25) is 0 Å². The molecule has 1 amide bonds. The lowest BCUT2D eigenvalue weighted by Gasteiger charge is -2.25. The zero-order valence-corrected chi connectivity index (χ0v) is 20.9. The number of carbonyl (C=O) groups excluding carboxylic acids is 1. The van der Waals surface area contributed by atoms with Crippen LogP contribution in [0.3, 0.4) is 0 Å². The van der Waals surface area contributed by atoms with Crippen LogP contribution in [0.15, 0.2) is 41.4 Å². The van der Waals surface area contributed by atoms with Gasteiger partial charge in [-0.3, -0.25) is 14.7 Å². The smallest absolute Gasteiger partial charge is 0.268 e. The lowest BCUT2D eigenvalue weighted by molar-refractivity contribution is -0.127. The summed E-state index contributed by atoms with van der Waals surface area (Å²) in [7, 11) is -3.36. The number of hydrogen-bond donors (Lipinski definition) is 0. The number of aryl methyl sites for hydroxylation is 1. The molecule has 0 spiro atoms. The summed E-state index contributed by atoms with van der Waals surface area (Å²) in [5.74, 6) is -0.303. The van der Waals surface area contributed by atoms with Gasteiger partial charge in [0.2, 0.25) is 0 Å². The van der Waals surface area contributed by atoms with E-state index in [1.54, 1.807) is 32.9 Å². The molecule has 5 nitrogen and oxygen atoms in total. The molecule has 0 bridgehead atoms. The number of benzene rings is 2. The summed E-state index contributed by atoms with van der Waals surface area (Å²) in [6, 6.07) is 9.44. The van der Waals surface area contributed by atoms with Crippen LogP contribution in [-0.4, -0.2) is 43.9 Å². The average molecular weight is 578 g/mol. The first-order valence-corrected chi connectivity index (χ1v) is 12.8. The average Bonchev–Trinajstić information content (AvgIpc) is 2.84. The number of anilines is 1. The zero-order chi connectivity index (χ0) is 24.1. The molecular formula is C22H22F3IN2O3S. The molecule has 2 aromatic carbocycles. The minimum Gasteiger partial charge on any atom is -0.268 e. The van der Waals surface area contributed by atoms with Gasteiger partial charge in [-0.2, -0.15) is 13.2 Å². The normalized spacial score (nSPS) is 16.1. The largest absolute Gasteiger partial charge is 0.393 e. The van der Waals surface area contributed by atoms with E-state index in [1.165, 1.54) is 23.1 Å². The van der Waals surface area contributed by atoms with E-state index in [-0.39, 0.29) is 23.1 Å². The van der Waals surface area contributed by atoms with Crippen molar-refractivity contribution in [2.75, 3.05) is 16.9 Å². The third-order valence-corrected chi connectivity index (χ3v) is 6.94. The second kappa shape index (κ2) is 8.44. The van der Waals surface area contributed by atoms with E-state index in [2.05, 4.69) is 27.6 Å². The van der Waals surface area contributed by atoms with Gasteiger partial charge in [0.05, 0.1) is 29.0 Å². The standard InChI is InChI=1S/C22H22F3IN2O3S/c1-13-10-14(11-22(23,24)25)8-9-17(13)28-19(27-21(2,3)12-32(4,30)31)18-15(20(28)29)6-5-7-16(18)26/h5-10H,11-12H2,1-4H3. The quantitative estimate of drug-likeness (QED) is 0.473. The maximum absolute atomic E-state index is 13.3. The fourth-order valence-corrected chi connectivity index (χ4v) is 5.95. The summed E-state index contributed by atoms with van der Waals surface area (Å²) in [6.45, 7) is 4.96. The van der Waals surface area contributed by atoms with Gasteiger partial charge in [-0.25, -0.2) is 8.42 Å². The highest BCUT2D eigenvalue weighted by Gasteiger charge is 2.39. The van der Waals surface area contributed by atoms with E-state index >= 15 is 0 Å². The fraction of sp³-hybridized carbons (Fsp3) is 0.364. The van der Waals surface area contributed by atoms with Gasteiger partial charge in [0.25, 0.3) is 5.91 Å². The molecule has 0 fully saturated rings. The van der Waals surface area contributed by atoms with Crippen molar-refractivity contribution < 1.29 is 26.4 Å². The van der Waals surface area contributed by atoms with E-state index in [0.717, 1.165) is 9.83 Å². The zero-order valence-electron chi connectivity index (χ0n) is 17.9. The van der Waals surface area contributed by atoms with Gasteiger partial charge in [-0.1, -0.05) is 18.2 Å². The second-order valence-corrected chi connectivity index (χ2v) is 11.8. The molecule has 1 heterocycles. The Kier molecular flexibility index (Phi) is 6.51. The van der Waals surface area contributed by atoms with Crippen LogP contribution in [0, 0.1) is 10.5 Å². The molecule has 0 saturated heterocycles. The minimum atomic E-state index is -4.34. The third-order valence-electron chi connectivity index (χ3n) is 4.81. The van der Waals surface area contributed by atoms with Crippen LogP contribution >= 0.6 is 22.6 Å². The van der Waals surface area contributed by atoms with E-state index in [1.807, 2.05) is 6.07 Å². The SMILES string of the molecule is Cc1cc(CC(F)(F)F)ccc1N1C(=O)c2cccc(I)c2C1=NC(C)(C)CS(C)(=O)=O. The number of carbonyl (C=O) groups is 1. The first kappa shape index (κ1) is 24.7. The molecule has 0 N–H and O–H groups in total. The maximum atomic E-state index is 13.3. The van der Waals surface area contributed by atoms with Gasteiger partial charge in [0.15, 0.2) is 0 Å². The highest BCUT2D eigenvalue weighted by molar-refractivity contribution is 14.1. The van der Waals surface area contributed by atoms with Gasteiger partial charge in [-0.15, -0.1) is 0 Å². The summed E-state index contributed by atoms with van der Waals surface area (Å²) in [5, 5.41) is 0. The number of amidine groups is 1. The molecule has 0 unspecified atom stereocenters.